The van der Waals surface area contributed by atoms with Gasteiger partial charge in [-0.1, -0.05) is 12.1 Å². The van der Waals surface area contributed by atoms with Gasteiger partial charge in [-0.05, 0) is 77.0 Å². The molecule has 1 heterocycles. The van der Waals surface area contributed by atoms with E-state index in [0.717, 1.165) is 50.4 Å². The lowest BCUT2D eigenvalue weighted by Crippen LogP contribution is -2.39. The van der Waals surface area contributed by atoms with Gasteiger partial charge in [0.05, 0.1) is 6.54 Å². The monoisotopic (exact) mass is 517 g/mol. The minimum Gasteiger partial charge on any atom is -0.357 e. The SMILES string of the molecule is CCNC(=NCC1(c2cccc(F)c2)CC1)NCCCN1CCCN(C)CC1.I. The van der Waals surface area contributed by atoms with Crippen LogP contribution in [-0.2, 0) is 5.41 Å². The Labute approximate surface area is 192 Å². The molecular formula is C22H37FIN5. The summed E-state index contributed by atoms with van der Waals surface area (Å²) in [5.74, 6) is 0.721. The maximum absolute atomic E-state index is 13.6. The highest BCUT2D eigenvalue weighted by Crippen LogP contribution is 2.48. The number of nitrogens with one attached hydrogen (secondary N) is 2. The maximum atomic E-state index is 13.6. The first-order valence-electron chi connectivity index (χ1n) is 10.8. The number of aliphatic imine (C=N–C) groups is 1. The first-order chi connectivity index (χ1) is 13.6. The second-order valence-electron chi connectivity index (χ2n) is 8.26. The predicted octanol–water partition coefficient (Wildman–Crippen LogP) is 3.06. The van der Waals surface area contributed by atoms with Gasteiger partial charge < -0.3 is 20.4 Å². The molecule has 1 saturated carbocycles. The number of nitrogens with zero attached hydrogens (tertiary/aromatic N) is 3. The average Bonchev–Trinajstić information content (AvgIpc) is 3.49. The molecule has 29 heavy (non-hydrogen) atoms. The molecule has 1 aliphatic heterocycles. The van der Waals surface area contributed by atoms with Crippen LogP contribution in [-0.4, -0.2) is 75.2 Å². The second-order valence-corrected chi connectivity index (χ2v) is 8.26. The fourth-order valence-electron chi connectivity index (χ4n) is 3.91. The highest BCUT2D eigenvalue weighted by Gasteiger charge is 2.44. The molecule has 0 bridgehead atoms. The minimum absolute atomic E-state index is 0. The molecule has 2 fully saturated rings. The third-order valence-electron chi connectivity index (χ3n) is 5.93. The highest BCUT2D eigenvalue weighted by molar-refractivity contribution is 14.0. The predicted molar refractivity (Wildman–Crippen MR) is 130 cm³/mol. The number of benzene rings is 1. The molecule has 2 N–H and O–H groups in total. The molecule has 0 aromatic heterocycles. The fourth-order valence-corrected chi connectivity index (χ4v) is 3.91. The van der Waals surface area contributed by atoms with Crippen LogP contribution in [0.15, 0.2) is 29.3 Å². The number of likely N-dealkylation sites (N-methyl/N-ethyl adjacent to an activating group) is 1. The molecule has 1 aromatic carbocycles. The number of rotatable bonds is 8. The molecule has 1 aliphatic carbocycles. The van der Waals surface area contributed by atoms with Crippen molar-refractivity contribution in [3.63, 3.8) is 0 Å². The molecule has 5 nitrogen and oxygen atoms in total. The standard InChI is InChI=1S/C22H36FN5.HI/c1-3-24-21(25-11-5-13-28-14-6-12-27(2)15-16-28)26-18-22(9-10-22)19-7-4-8-20(23)17-19;/h4,7-8,17H,3,5-6,9-16,18H2,1-2H3,(H2,24,25,26);1H. The third-order valence-corrected chi connectivity index (χ3v) is 5.93. The number of guanidine groups is 1. The van der Waals surface area contributed by atoms with Crippen molar-refractivity contribution >= 4 is 29.9 Å². The summed E-state index contributed by atoms with van der Waals surface area (Å²) in [7, 11) is 2.21. The Bertz CT molecular complexity index is 650. The van der Waals surface area contributed by atoms with E-state index in [1.165, 1.54) is 38.7 Å². The van der Waals surface area contributed by atoms with Crippen LogP contribution in [0, 0.1) is 5.82 Å². The molecule has 1 aromatic rings. The lowest BCUT2D eigenvalue weighted by atomic mass is 9.96. The van der Waals surface area contributed by atoms with Gasteiger partial charge in [-0.2, -0.15) is 0 Å². The summed E-state index contributed by atoms with van der Waals surface area (Å²) in [6.45, 7) is 10.4. The van der Waals surface area contributed by atoms with Crippen molar-refractivity contribution in [3.05, 3.63) is 35.6 Å². The second kappa shape index (κ2) is 12.1. The summed E-state index contributed by atoms with van der Waals surface area (Å²) in [5, 5.41) is 6.82. The van der Waals surface area contributed by atoms with E-state index in [2.05, 4.69) is 34.4 Å². The van der Waals surface area contributed by atoms with E-state index in [9.17, 15) is 4.39 Å². The van der Waals surface area contributed by atoms with Crippen LogP contribution in [0.4, 0.5) is 4.39 Å². The first-order valence-corrected chi connectivity index (χ1v) is 10.8. The maximum Gasteiger partial charge on any atom is 0.191 e. The normalized spacial score (nSPS) is 19.9. The average molecular weight is 517 g/mol. The Morgan fingerprint density at radius 1 is 1.17 bits per heavy atom. The van der Waals surface area contributed by atoms with Gasteiger partial charge in [0, 0.05) is 31.6 Å². The van der Waals surface area contributed by atoms with Crippen LogP contribution in [0.5, 0.6) is 0 Å². The molecular weight excluding hydrogens is 480 g/mol. The molecule has 1 saturated heterocycles. The van der Waals surface area contributed by atoms with Gasteiger partial charge in [0.2, 0.25) is 0 Å². The Balaban J connectivity index is 0.00000300. The lowest BCUT2D eigenvalue weighted by molar-refractivity contribution is 0.274. The molecule has 0 spiro atoms. The fraction of sp³-hybridized carbons (Fsp3) is 0.682. The summed E-state index contributed by atoms with van der Waals surface area (Å²) in [4.78, 5) is 9.80. The van der Waals surface area contributed by atoms with Gasteiger partial charge in [0.1, 0.15) is 5.82 Å². The topological polar surface area (TPSA) is 42.9 Å². The molecule has 0 atom stereocenters. The molecule has 0 radical (unpaired) electrons. The number of hydrogen-bond acceptors (Lipinski definition) is 3. The van der Waals surface area contributed by atoms with Crippen molar-refractivity contribution in [2.24, 2.45) is 4.99 Å². The van der Waals surface area contributed by atoms with E-state index >= 15 is 0 Å². The van der Waals surface area contributed by atoms with Crippen molar-refractivity contribution in [1.29, 1.82) is 0 Å². The van der Waals surface area contributed by atoms with Crippen molar-refractivity contribution in [2.75, 3.05) is 59.4 Å². The van der Waals surface area contributed by atoms with Crippen molar-refractivity contribution in [2.45, 2.75) is 38.0 Å². The van der Waals surface area contributed by atoms with E-state index in [1.807, 2.05) is 6.07 Å². The summed E-state index contributed by atoms with van der Waals surface area (Å²) >= 11 is 0. The van der Waals surface area contributed by atoms with Gasteiger partial charge >= 0.3 is 0 Å². The Kier molecular flexibility index (Phi) is 10.1. The van der Waals surface area contributed by atoms with E-state index < -0.39 is 0 Å². The largest absolute Gasteiger partial charge is 0.357 e. The molecule has 0 amide bonds. The Morgan fingerprint density at radius 2 is 2.00 bits per heavy atom. The van der Waals surface area contributed by atoms with Gasteiger partial charge in [-0.3, -0.25) is 4.99 Å². The molecule has 0 unspecified atom stereocenters. The van der Waals surface area contributed by atoms with E-state index in [-0.39, 0.29) is 35.2 Å². The number of halogens is 2. The van der Waals surface area contributed by atoms with E-state index in [1.54, 1.807) is 12.1 Å². The zero-order chi connectivity index (χ0) is 19.8. The van der Waals surface area contributed by atoms with Crippen LogP contribution in [0.1, 0.15) is 38.2 Å². The van der Waals surface area contributed by atoms with Crippen LogP contribution < -0.4 is 10.6 Å². The summed E-state index contributed by atoms with van der Waals surface area (Å²) in [6, 6.07) is 7.02. The third kappa shape index (κ3) is 7.68. The zero-order valence-electron chi connectivity index (χ0n) is 17.9. The van der Waals surface area contributed by atoms with Crippen LogP contribution in [0.3, 0.4) is 0 Å². The quantitative estimate of drug-likeness (QED) is 0.241. The minimum atomic E-state index is -0.155. The Morgan fingerprint density at radius 3 is 2.72 bits per heavy atom. The first kappa shape index (κ1) is 24.3. The van der Waals surface area contributed by atoms with E-state index in [0.29, 0.717) is 6.54 Å². The van der Waals surface area contributed by atoms with Crippen LogP contribution in [0.25, 0.3) is 0 Å². The lowest BCUT2D eigenvalue weighted by Gasteiger charge is -2.20. The molecule has 2 aliphatic rings. The summed E-state index contributed by atoms with van der Waals surface area (Å²) in [5.41, 5.74) is 1.11. The van der Waals surface area contributed by atoms with E-state index in [4.69, 9.17) is 4.99 Å². The van der Waals surface area contributed by atoms with Crippen LogP contribution in [0.2, 0.25) is 0 Å². The van der Waals surface area contributed by atoms with Crippen molar-refractivity contribution in [1.82, 2.24) is 20.4 Å². The molecule has 7 heteroatoms. The molecule has 3 rings (SSSR count). The van der Waals surface area contributed by atoms with Crippen molar-refractivity contribution < 1.29 is 4.39 Å². The smallest absolute Gasteiger partial charge is 0.191 e. The summed E-state index contributed by atoms with van der Waals surface area (Å²) in [6.07, 6.45) is 4.55. The summed E-state index contributed by atoms with van der Waals surface area (Å²) < 4.78 is 13.6. The van der Waals surface area contributed by atoms with Gasteiger partial charge in [-0.25, -0.2) is 4.39 Å². The highest BCUT2D eigenvalue weighted by atomic mass is 127. The number of hydrogen-bond donors (Lipinski definition) is 2. The van der Waals surface area contributed by atoms with Crippen LogP contribution >= 0.6 is 24.0 Å². The van der Waals surface area contributed by atoms with Crippen molar-refractivity contribution in [3.8, 4) is 0 Å². The van der Waals surface area contributed by atoms with Gasteiger partial charge in [0.15, 0.2) is 5.96 Å². The molecule has 164 valence electrons. The van der Waals surface area contributed by atoms with Gasteiger partial charge in [-0.15, -0.1) is 24.0 Å². The van der Waals surface area contributed by atoms with Gasteiger partial charge in [0.25, 0.3) is 0 Å². The zero-order valence-corrected chi connectivity index (χ0v) is 20.3. The Hall–Kier alpha value is -0.930.